The summed E-state index contributed by atoms with van der Waals surface area (Å²) < 4.78 is 19.7. The molecule has 1 saturated carbocycles. The van der Waals surface area contributed by atoms with E-state index in [0.717, 1.165) is 24.0 Å². The van der Waals surface area contributed by atoms with Crippen LogP contribution in [0.1, 0.15) is 63.0 Å². The molecule has 26 heavy (non-hydrogen) atoms. The molecular weight excluding hydrogens is 323 g/mol. The van der Waals surface area contributed by atoms with Crippen LogP contribution in [0.25, 0.3) is 0 Å². The topological polar surface area (TPSA) is 9.23 Å². The molecule has 1 aliphatic carbocycles. The van der Waals surface area contributed by atoms with Crippen molar-refractivity contribution in [3.63, 3.8) is 0 Å². The van der Waals surface area contributed by atoms with Crippen LogP contribution in [0.5, 0.6) is 5.75 Å². The number of benzene rings is 2. The highest BCUT2D eigenvalue weighted by Gasteiger charge is 2.17. The molecule has 3 rings (SSSR count). The highest BCUT2D eigenvalue weighted by atomic mass is 19.1. The van der Waals surface area contributed by atoms with E-state index in [-0.39, 0.29) is 12.4 Å². The third kappa shape index (κ3) is 5.59. The normalized spacial score (nSPS) is 16.4. The van der Waals surface area contributed by atoms with Crippen LogP contribution in [0.2, 0.25) is 0 Å². The predicted octanol–water partition coefficient (Wildman–Crippen LogP) is 6.94. The fourth-order valence-corrected chi connectivity index (χ4v) is 4.13. The number of halogens is 1. The summed E-state index contributed by atoms with van der Waals surface area (Å²) in [6, 6.07) is 15.0. The molecule has 1 unspecified atom stereocenters. The van der Waals surface area contributed by atoms with E-state index in [1.165, 1.54) is 56.6 Å². The van der Waals surface area contributed by atoms with Gasteiger partial charge in [-0.2, -0.15) is 0 Å². The number of aryl methyl sites for hydroxylation is 1. The summed E-state index contributed by atoms with van der Waals surface area (Å²) in [5.74, 6) is 2.37. The maximum absolute atomic E-state index is 13.8. The first kappa shape index (κ1) is 18.9. The molecule has 0 N–H and O–H groups in total. The number of rotatable bonds is 8. The molecule has 0 radical (unpaired) electrons. The standard InChI is InChI=1S/C24H31FO/c1-19(17-20-9-3-2-4-10-20)15-16-21-11-6-8-14-24(21)26-18-22-12-5-7-13-23(22)25/h5-8,11-14,19-20H,2-4,9-10,15-18H2,1H3. The number of hydrogen-bond donors (Lipinski definition) is 0. The van der Waals surface area contributed by atoms with Crippen molar-refractivity contribution in [1.29, 1.82) is 0 Å². The summed E-state index contributed by atoms with van der Waals surface area (Å²) in [6.45, 7) is 2.67. The molecule has 2 aromatic carbocycles. The van der Waals surface area contributed by atoms with Gasteiger partial charge in [0.25, 0.3) is 0 Å². The second-order valence-electron chi connectivity index (χ2n) is 7.87. The minimum Gasteiger partial charge on any atom is -0.489 e. The van der Waals surface area contributed by atoms with E-state index in [1.54, 1.807) is 12.1 Å². The van der Waals surface area contributed by atoms with E-state index < -0.39 is 0 Å². The second-order valence-corrected chi connectivity index (χ2v) is 7.87. The largest absolute Gasteiger partial charge is 0.489 e. The van der Waals surface area contributed by atoms with E-state index in [2.05, 4.69) is 19.1 Å². The molecule has 2 heteroatoms. The van der Waals surface area contributed by atoms with Gasteiger partial charge in [-0.1, -0.05) is 75.4 Å². The molecule has 0 aliphatic heterocycles. The van der Waals surface area contributed by atoms with Crippen LogP contribution in [-0.4, -0.2) is 0 Å². The fraction of sp³-hybridized carbons (Fsp3) is 0.500. The SMILES string of the molecule is CC(CCc1ccccc1OCc1ccccc1F)CC1CCCCC1. The highest BCUT2D eigenvalue weighted by Crippen LogP contribution is 2.31. The monoisotopic (exact) mass is 354 g/mol. The highest BCUT2D eigenvalue weighted by molar-refractivity contribution is 5.33. The van der Waals surface area contributed by atoms with Gasteiger partial charge in [0.15, 0.2) is 0 Å². The zero-order chi connectivity index (χ0) is 18.2. The van der Waals surface area contributed by atoms with Gasteiger partial charge in [0.05, 0.1) is 0 Å². The third-order valence-corrected chi connectivity index (χ3v) is 5.68. The van der Waals surface area contributed by atoms with Gasteiger partial charge in [-0.05, 0) is 48.8 Å². The van der Waals surface area contributed by atoms with E-state index in [9.17, 15) is 4.39 Å². The lowest BCUT2D eigenvalue weighted by Crippen LogP contribution is -2.11. The molecule has 2 aromatic rings. The van der Waals surface area contributed by atoms with Gasteiger partial charge in [-0.25, -0.2) is 4.39 Å². The van der Waals surface area contributed by atoms with Crippen molar-refractivity contribution in [2.45, 2.75) is 64.9 Å². The zero-order valence-corrected chi connectivity index (χ0v) is 15.9. The van der Waals surface area contributed by atoms with E-state index >= 15 is 0 Å². The van der Waals surface area contributed by atoms with E-state index in [0.29, 0.717) is 5.56 Å². The van der Waals surface area contributed by atoms with Crippen molar-refractivity contribution in [1.82, 2.24) is 0 Å². The van der Waals surface area contributed by atoms with Gasteiger partial charge in [0.2, 0.25) is 0 Å². The first-order valence-electron chi connectivity index (χ1n) is 10.2. The zero-order valence-electron chi connectivity index (χ0n) is 15.9. The molecule has 1 fully saturated rings. The number of hydrogen-bond acceptors (Lipinski definition) is 1. The lowest BCUT2D eigenvalue weighted by atomic mass is 9.82. The van der Waals surface area contributed by atoms with Gasteiger partial charge in [0, 0.05) is 5.56 Å². The van der Waals surface area contributed by atoms with Crippen LogP contribution in [0.3, 0.4) is 0 Å². The summed E-state index contributed by atoms with van der Waals surface area (Å²) in [4.78, 5) is 0. The molecule has 1 nitrogen and oxygen atoms in total. The summed E-state index contributed by atoms with van der Waals surface area (Å²) in [5, 5.41) is 0. The Labute approximate surface area is 157 Å². The lowest BCUT2D eigenvalue weighted by molar-refractivity contribution is 0.284. The third-order valence-electron chi connectivity index (χ3n) is 5.68. The molecule has 0 bridgehead atoms. The van der Waals surface area contributed by atoms with Crippen molar-refractivity contribution in [3.8, 4) is 5.75 Å². The van der Waals surface area contributed by atoms with Gasteiger partial charge in [-0.3, -0.25) is 0 Å². The molecule has 0 heterocycles. The van der Waals surface area contributed by atoms with E-state index in [4.69, 9.17) is 4.74 Å². The maximum Gasteiger partial charge on any atom is 0.129 e. The predicted molar refractivity (Wildman–Crippen MR) is 106 cm³/mol. The van der Waals surface area contributed by atoms with Crippen molar-refractivity contribution in [2.24, 2.45) is 11.8 Å². The Balaban J connectivity index is 1.52. The molecule has 1 atom stereocenters. The van der Waals surface area contributed by atoms with Crippen molar-refractivity contribution in [2.75, 3.05) is 0 Å². The van der Waals surface area contributed by atoms with Gasteiger partial charge in [0.1, 0.15) is 18.2 Å². The Morgan fingerprint density at radius 2 is 1.65 bits per heavy atom. The minimum absolute atomic E-state index is 0.203. The molecule has 0 aromatic heterocycles. The Hall–Kier alpha value is -1.83. The Morgan fingerprint density at radius 3 is 2.42 bits per heavy atom. The van der Waals surface area contributed by atoms with Crippen LogP contribution in [0.15, 0.2) is 48.5 Å². The molecular formula is C24H31FO. The van der Waals surface area contributed by atoms with Crippen LogP contribution in [-0.2, 0) is 13.0 Å². The average molecular weight is 355 g/mol. The maximum atomic E-state index is 13.8. The van der Waals surface area contributed by atoms with E-state index in [1.807, 2.05) is 18.2 Å². The Bertz CT molecular complexity index is 675. The van der Waals surface area contributed by atoms with Crippen LogP contribution in [0.4, 0.5) is 4.39 Å². The van der Waals surface area contributed by atoms with Gasteiger partial charge < -0.3 is 4.74 Å². The number of ether oxygens (including phenoxy) is 1. The summed E-state index contributed by atoms with van der Waals surface area (Å²) in [6.07, 6.45) is 10.7. The molecule has 0 amide bonds. The Kier molecular flexibility index (Phi) is 7.11. The quantitative estimate of drug-likeness (QED) is 0.498. The van der Waals surface area contributed by atoms with Gasteiger partial charge in [-0.15, -0.1) is 0 Å². The van der Waals surface area contributed by atoms with Crippen LogP contribution >= 0.6 is 0 Å². The van der Waals surface area contributed by atoms with Crippen molar-refractivity contribution < 1.29 is 9.13 Å². The smallest absolute Gasteiger partial charge is 0.129 e. The number of para-hydroxylation sites is 1. The molecule has 1 aliphatic rings. The second kappa shape index (κ2) is 9.75. The summed E-state index contributed by atoms with van der Waals surface area (Å²) in [5.41, 5.74) is 1.84. The van der Waals surface area contributed by atoms with Crippen molar-refractivity contribution >= 4 is 0 Å². The summed E-state index contributed by atoms with van der Waals surface area (Å²) >= 11 is 0. The lowest BCUT2D eigenvalue weighted by Gasteiger charge is -2.24. The first-order chi connectivity index (χ1) is 12.7. The molecule has 0 saturated heterocycles. The van der Waals surface area contributed by atoms with Crippen molar-refractivity contribution in [3.05, 3.63) is 65.5 Å². The molecule has 140 valence electrons. The fourth-order valence-electron chi connectivity index (χ4n) is 4.13. The molecule has 0 spiro atoms. The Morgan fingerprint density at radius 1 is 0.962 bits per heavy atom. The summed E-state index contributed by atoms with van der Waals surface area (Å²) in [7, 11) is 0. The average Bonchev–Trinajstić information content (AvgIpc) is 2.67. The minimum atomic E-state index is -0.203. The van der Waals surface area contributed by atoms with Gasteiger partial charge >= 0.3 is 0 Å². The first-order valence-corrected chi connectivity index (χ1v) is 10.2. The van der Waals surface area contributed by atoms with Crippen LogP contribution < -0.4 is 4.74 Å². The van der Waals surface area contributed by atoms with Crippen LogP contribution in [0, 0.1) is 17.7 Å².